The predicted octanol–water partition coefficient (Wildman–Crippen LogP) is 1.31. The third-order valence-electron chi connectivity index (χ3n) is 3.66. The van der Waals surface area contributed by atoms with E-state index in [4.69, 9.17) is 0 Å². The summed E-state index contributed by atoms with van der Waals surface area (Å²) in [4.78, 5) is 22.4. The van der Waals surface area contributed by atoms with Crippen molar-refractivity contribution in [2.45, 2.75) is 32.1 Å². The second-order valence-corrected chi connectivity index (χ2v) is 4.11. The summed E-state index contributed by atoms with van der Waals surface area (Å²) in [6.07, 6.45) is 4.15. The van der Waals surface area contributed by atoms with E-state index in [2.05, 4.69) is 4.74 Å². The van der Waals surface area contributed by atoms with Crippen molar-refractivity contribution in [1.82, 2.24) is 0 Å². The molecule has 2 saturated carbocycles. The summed E-state index contributed by atoms with van der Waals surface area (Å²) in [5.74, 6) is 0.470. The van der Waals surface area contributed by atoms with Crippen LogP contribution in [0.1, 0.15) is 32.1 Å². The van der Waals surface area contributed by atoms with Gasteiger partial charge in [0.2, 0.25) is 0 Å². The molecule has 0 aliphatic heterocycles. The zero-order valence-electron chi connectivity index (χ0n) is 7.84. The van der Waals surface area contributed by atoms with E-state index >= 15 is 0 Å². The van der Waals surface area contributed by atoms with Gasteiger partial charge in [0.05, 0.1) is 7.11 Å². The Kier molecular flexibility index (Phi) is 1.90. The highest BCUT2D eigenvalue weighted by molar-refractivity contribution is 5.93. The molecule has 1 unspecified atom stereocenters. The van der Waals surface area contributed by atoms with Crippen molar-refractivity contribution in [2.24, 2.45) is 11.3 Å². The summed E-state index contributed by atoms with van der Waals surface area (Å²) in [5.41, 5.74) is -0.0891. The van der Waals surface area contributed by atoms with Crippen LogP contribution >= 0.6 is 0 Å². The second kappa shape index (κ2) is 2.82. The van der Waals surface area contributed by atoms with Crippen molar-refractivity contribution in [3.8, 4) is 0 Å². The van der Waals surface area contributed by atoms with Crippen molar-refractivity contribution in [2.75, 3.05) is 7.11 Å². The summed E-state index contributed by atoms with van der Waals surface area (Å²) in [7, 11) is 1.40. The normalized spacial score (nSPS) is 29.3. The zero-order valence-corrected chi connectivity index (χ0v) is 7.84. The molecule has 0 bridgehead atoms. The minimum absolute atomic E-state index is 0.0891. The number of ketones is 1. The Morgan fingerprint density at radius 3 is 2.69 bits per heavy atom. The monoisotopic (exact) mass is 182 g/mol. The fourth-order valence-electron chi connectivity index (χ4n) is 2.52. The highest BCUT2D eigenvalue weighted by atomic mass is 16.5. The number of ether oxygens (including phenoxy) is 1. The van der Waals surface area contributed by atoms with Crippen LogP contribution in [-0.4, -0.2) is 18.9 Å². The van der Waals surface area contributed by atoms with Gasteiger partial charge < -0.3 is 4.74 Å². The van der Waals surface area contributed by atoms with E-state index in [1.807, 2.05) is 0 Å². The van der Waals surface area contributed by atoms with Gasteiger partial charge in [0.25, 0.3) is 0 Å². The molecule has 0 N–H and O–H groups in total. The quantitative estimate of drug-likeness (QED) is 0.605. The maximum Gasteiger partial charge on any atom is 0.305 e. The molecule has 0 aromatic rings. The third-order valence-corrected chi connectivity index (χ3v) is 3.66. The van der Waals surface area contributed by atoms with Gasteiger partial charge in [-0.3, -0.25) is 9.59 Å². The first-order chi connectivity index (χ1) is 6.19. The van der Waals surface area contributed by atoms with Crippen molar-refractivity contribution in [3.63, 3.8) is 0 Å². The number of Topliss-reactive ketones (excluding diaryl/α,β-unsaturated/α-hetero) is 1. The fraction of sp³-hybridized carbons (Fsp3) is 0.800. The standard InChI is InChI=1S/C10H14O3/c1-13-9(12)6-7-5-8(11)10(7)3-2-4-10/h7H,2-6H2,1H3. The molecular weight excluding hydrogens is 168 g/mol. The lowest BCUT2D eigenvalue weighted by atomic mass is 9.48. The first kappa shape index (κ1) is 8.73. The first-order valence-corrected chi connectivity index (χ1v) is 4.79. The molecule has 0 radical (unpaired) electrons. The lowest BCUT2D eigenvalue weighted by molar-refractivity contribution is -0.161. The summed E-state index contributed by atoms with van der Waals surface area (Å²) in [6.45, 7) is 0. The SMILES string of the molecule is COC(=O)CC1CC(=O)C12CCC2. The Morgan fingerprint density at radius 1 is 1.62 bits per heavy atom. The molecular formula is C10H14O3. The van der Waals surface area contributed by atoms with Crippen molar-refractivity contribution >= 4 is 11.8 Å². The average Bonchev–Trinajstić information content (AvgIpc) is 2.00. The molecule has 2 rings (SSSR count). The number of esters is 1. The number of rotatable bonds is 2. The Bertz CT molecular complexity index is 253. The Labute approximate surface area is 77.4 Å². The number of methoxy groups -OCH3 is 1. The van der Waals surface area contributed by atoms with Crippen molar-refractivity contribution in [3.05, 3.63) is 0 Å². The molecule has 1 atom stereocenters. The highest BCUT2D eigenvalue weighted by Gasteiger charge is 2.58. The molecule has 0 amide bonds. The molecule has 2 aliphatic carbocycles. The molecule has 3 heteroatoms. The Hall–Kier alpha value is -0.860. The Balaban J connectivity index is 1.95. The van der Waals surface area contributed by atoms with Crippen molar-refractivity contribution < 1.29 is 14.3 Å². The fourth-order valence-corrected chi connectivity index (χ4v) is 2.52. The smallest absolute Gasteiger partial charge is 0.305 e. The summed E-state index contributed by atoms with van der Waals surface area (Å²) < 4.78 is 4.60. The van der Waals surface area contributed by atoms with Gasteiger partial charge in [-0.25, -0.2) is 0 Å². The van der Waals surface area contributed by atoms with Crippen LogP contribution in [0.3, 0.4) is 0 Å². The lowest BCUT2D eigenvalue weighted by Crippen LogP contribution is -2.54. The molecule has 0 saturated heterocycles. The molecule has 2 fully saturated rings. The minimum atomic E-state index is -0.177. The predicted molar refractivity (Wildman–Crippen MR) is 46.0 cm³/mol. The molecule has 13 heavy (non-hydrogen) atoms. The van der Waals surface area contributed by atoms with Gasteiger partial charge in [-0.1, -0.05) is 6.42 Å². The topological polar surface area (TPSA) is 43.4 Å². The van der Waals surface area contributed by atoms with E-state index in [0.29, 0.717) is 18.6 Å². The van der Waals surface area contributed by atoms with Gasteiger partial charge in [0.15, 0.2) is 0 Å². The molecule has 0 aromatic carbocycles. The number of carbonyl (C=O) groups is 2. The van der Waals surface area contributed by atoms with Gasteiger partial charge in [0.1, 0.15) is 5.78 Å². The van der Waals surface area contributed by atoms with Crippen LogP contribution in [0.15, 0.2) is 0 Å². The van der Waals surface area contributed by atoms with Gasteiger partial charge in [-0.2, -0.15) is 0 Å². The molecule has 2 aliphatic rings. The number of hydrogen-bond acceptors (Lipinski definition) is 3. The Morgan fingerprint density at radius 2 is 2.31 bits per heavy atom. The number of hydrogen-bond donors (Lipinski definition) is 0. The average molecular weight is 182 g/mol. The highest BCUT2D eigenvalue weighted by Crippen LogP contribution is 2.58. The molecule has 72 valence electrons. The zero-order chi connectivity index (χ0) is 9.47. The van der Waals surface area contributed by atoms with E-state index < -0.39 is 0 Å². The molecule has 0 heterocycles. The van der Waals surface area contributed by atoms with Crippen LogP contribution in [-0.2, 0) is 14.3 Å². The first-order valence-electron chi connectivity index (χ1n) is 4.79. The van der Waals surface area contributed by atoms with Gasteiger partial charge in [-0.05, 0) is 18.8 Å². The van der Waals surface area contributed by atoms with Crippen LogP contribution in [0.25, 0.3) is 0 Å². The summed E-state index contributed by atoms with van der Waals surface area (Å²) in [6, 6.07) is 0. The van der Waals surface area contributed by atoms with E-state index in [1.165, 1.54) is 7.11 Å². The van der Waals surface area contributed by atoms with E-state index in [1.54, 1.807) is 0 Å². The van der Waals surface area contributed by atoms with Crippen LogP contribution in [0.5, 0.6) is 0 Å². The van der Waals surface area contributed by atoms with Crippen LogP contribution in [0, 0.1) is 11.3 Å². The van der Waals surface area contributed by atoms with Gasteiger partial charge in [0, 0.05) is 18.3 Å². The van der Waals surface area contributed by atoms with E-state index in [9.17, 15) is 9.59 Å². The maximum atomic E-state index is 11.4. The molecule has 3 nitrogen and oxygen atoms in total. The molecule has 0 aromatic heterocycles. The lowest BCUT2D eigenvalue weighted by Gasteiger charge is -2.53. The third kappa shape index (κ3) is 1.10. The van der Waals surface area contributed by atoms with Crippen LogP contribution in [0.2, 0.25) is 0 Å². The second-order valence-electron chi connectivity index (χ2n) is 4.11. The van der Waals surface area contributed by atoms with Crippen LogP contribution in [0.4, 0.5) is 0 Å². The van der Waals surface area contributed by atoms with Gasteiger partial charge >= 0.3 is 5.97 Å². The number of carbonyl (C=O) groups excluding carboxylic acids is 2. The van der Waals surface area contributed by atoms with E-state index in [-0.39, 0.29) is 17.3 Å². The minimum Gasteiger partial charge on any atom is -0.469 e. The largest absolute Gasteiger partial charge is 0.469 e. The van der Waals surface area contributed by atoms with Gasteiger partial charge in [-0.15, -0.1) is 0 Å². The van der Waals surface area contributed by atoms with Crippen molar-refractivity contribution in [1.29, 1.82) is 0 Å². The summed E-state index contributed by atoms with van der Waals surface area (Å²) >= 11 is 0. The van der Waals surface area contributed by atoms with Crippen LogP contribution < -0.4 is 0 Å². The van der Waals surface area contributed by atoms with E-state index in [0.717, 1.165) is 19.3 Å². The maximum absolute atomic E-state index is 11.4. The molecule has 1 spiro atoms. The summed E-state index contributed by atoms with van der Waals surface area (Å²) in [5, 5.41) is 0.